The number of benzene rings is 2. The molecule has 4 aromatic rings. The molecule has 0 bridgehead atoms. The van der Waals surface area contributed by atoms with Gasteiger partial charge in [0.1, 0.15) is 0 Å². The lowest BCUT2D eigenvalue weighted by Crippen LogP contribution is -2.13. The molecule has 6 nitrogen and oxygen atoms in total. The topological polar surface area (TPSA) is 84.1 Å². The molecule has 0 unspecified atom stereocenters. The zero-order valence-electron chi connectivity index (χ0n) is 15.8. The van der Waals surface area contributed by atoms with Gasteiger partial charge in [0, 0.05) is 22.4 Å². The number of amides is 1. The molecule has 1 amide bonds. The number of para-hydroxylation sites is 2. The Hall–Kier alpha value is -3.93. The quantitative estimate of drug-likeness (QED) is 0.390. The fourth-order valence-corrected chi connectivity index (χ4v) is 3.17. The van der Waals surface area contributed by atoms with Crippen LogP contribution in [0, 0.1) is 0 Å². The van der Waals surface area contributed by atoms with Crippen LogP contribution in [0.25, 0.3) is 27.9 Å². The standard InChI is InChI=1S/C23H19N3O3/c1-2-29-23(28)17-8-4-6-10-20(17)26-22(27)12-11-15-13-18-16-7-3-5-9-19(16)25-21(18)14-24-15/h3-14,25H,2H2,1H3,(H,26,27)/b12-11+. The van der Waals surface area contributed by atoms with Gasteiger partial charge in [-0.3, -0.25) is 9.78 Å². The highest BCUT2D eigenvalue weighted by Gasteiger charge is 2.13. The molecule has 0 atom stereocenters. The van der Waals surface area contributed by atoms with Crippen LogP contribution in [-0.2, 0) is 9.53 Å². The molecule has 0 aliphatic carbocycles. The molecule has 2 aromatic heterocycles. The van der Waals surface area contributed by atoms with Crippen LogP contribution < -0.4 is 5.32 Å². The smallest absolute Gasteiger partial charge is 0.340 e. The Balaban J connectivity index is 1.55. The molecule has 0 radical (unpaired) electrons. The summed E-state index contributed by atoms with van der Waals surface area (Å²) in [5.41, 5.74) is 3.36. The normalized spacial score (nSPS) is 11.2. The summed E-state index contributed by atoms with van der Waals surface area (Å²) in [4.78, 5) is 32.1. The van der Waals surface area contributed by atoms with Gasteiger partial charge in [-0.2, -0.15) is 0 Å². The molecule has 0 aliphatic heterocycles. The van der Waals surface area contributed by atoms with Gasteiger partial charge < -0.3 is 15.0 Å². The molecule has 2 N–H and O–H groups in total. The van der Waals surface area contributed by atoms with Crippen LogP contribution in [0.5, 0.6) is 0 Å². The number of anilines is 1. The second-order valence-corrected chi connectivity index (χ2v) is 6.41. The Labute approximate surface area is 167 Å². The number of aromatic amines is 1. The molecule has 144 valence electrons. The van der Waals surface area contributed by atoms with E-state index in [0.717, 1.165) is 21.8 Å². The molecular weight excluding hydrogens is 366 g/mol. The van der Waals surface area contributed by atoms with E-state index in [9.17, 15) is 9.59 Å². The lowest BCUT2D eigenvalue weighted by molar-refractivity contribution is -0.111. The number of ether oxygens (including phenoxy) is 1. The molecule has 0 saturated carbocycles. The number of rotatable bonds is 5. The SMILES string of the molecule is CCOC(=O)c1ccccc1NC(=O)/C=C/c1cc2c(cn1)[nH]c1ccccc12. The van der Waals surface area contributed by atoms with Crippen LogP contribution in [0.1, 0.15) is 23.0 Å². The van der Waals surface area contributed by atoms with Crippen LogP contribution in [0.15, 0.2) is 66.9 Å². The van der Waals surface area contributed by atoms with E-state index >= 15 is 0 Å². The maximum absolute atomic E-state index is 12.4. The lowest BCUT2D eigenvalue weighted by atomic mass is 10.1. The van der Waals surface area contributed by atoms with Gasteiger partial charge in [-0.05, 0) is 37.3 Å². The van der Waals surface area contributed by atoms with E-state index in [1.54, 1.807) is 43.5 Å². The molecule has 0 spiro atoms. The average Bonchev–Trinajstić information content (AvgIpc) is 3.11. The van der Waals surface area contributed by atoms with Gasteiger partial charge in [0.2, 0.25) is 5.91 Å². The Morgan fingerprint density at radius 2 is 1.86 bits per heavy atom. The Morgan fingerprint density at radius 1 is 1.07 bits per heavy atom. The molecule has 6 heteroatoms. The molecule has 29 heavy (non-hydrogen) atoms. The molecule has 4 rings (SSSR count). The Kier molecular flexibility index (Phi) is 5.07. The number of nitrogens with one attached hydrogen (secondary N) is 2. The monoisotopic (exact) mass is 385 g/mol. The van der Waals surface area contributed by atoms with E-state index in [1.165, 1.54) is 6.08 Å². The number of esters is 1. The van der Waals surface area contributed by atoms with Crippen molar-refractivity contribution in [3.05, 3.63) is 78.1 Å². The third-order valence-corrected chi connectivity index (χ3v) is 4.50. The molecule has 2 aromatic carbocycles. The highest BCUT2D eigenvalue weighted by molar-refractivity contribution is 6.08. The number of pyridine rings is 1. The van der Waals surface area contributed by atoms with Gasteiger partial charge >= 0.3 is 5.97 Å². The van der Waals surface area contributed by atoms with Crippen molar-refractivity contribution >= 4 is 45.4 Å². The average molecular weight is 385 g/mol. The Bertz CT molecular complexity index is 1240. The van der Waals surface area contributed by atoms with Crippen molar-refractivity contribution in [2.45, 2.75) is 6.92 Å². The van der Waals surface area contributed by atoms with Crippen LogP contribution in [0.3, 0.4) is 0 Å². The van der Waals surface area contributed by atoms with E-state index in [1.807, 2.05) is 30.3 Å². The van der Waals surface area contributed by atoms with Crippen molar-refractivity contribution < 1.29 is 14.3 Å². The first kappa shape index (κ1) is 18.4. The number of hydrogen-bond donors (Lipinski definition) is 2. The zero-order valence-corrected chi connectivity index (χ0v) is 15.8. The van der Waals surface area contributed by atoms with Gasteiger partial charge in [0.15, 0.2) is 0 Å². The summed E-state index contributed by atoms with van der Waals surface area (Å²) in [5.74, 6) is -0.832. The van der Waals surface area contributed by atoms with Crippen molar-refractivity contribution in [1.82, 2.24) is 9.97 Å². The number of hydrogen-bond acceptors (Lipinski definition) is 4. The van der Waals surface area contributed by atoms with Crippen molar-refractivity contribution in [1.29, 1.82) is 0 Å². The number of carbonyl (C=O) groups is 2. The minimum absolute atomic E-state index is 0.267. The number of nitrogens with zero attached hydrogens (tertiary/aromatic N) is 1. The Morgan fingerprint density at radius 3 is 2.72 bits per heavy atom. The first-order valence-corrected chi connectivity index (χ1v) is 9.27. The fourth-order valence-electron chi connectivity index (χ4n) is 3.17. The van der Waals surface area contributed by atoms with E-state index in [2.05, 4.69) is 15.3 Å². The van der Waals surface area contributed by atoms with Gasteiger partial charge in [-0.25, -0.2) is 4.79 Å². The van der Waals surface area contributed by atoms with Crippen LogP contribution in [0.2, 0.25) is 0 Å². The van der Waals surface area contributed by atoms with E-state index in [-0.39, 0.29) is 12.5 Å². The van der Waals surface area contributed by atoms with E-state index < -0.39 is 5.97 Å². The second kappa shape index (κ2) is 7.98. The predicted octanol–water partition coefficient (Wildman–Crippen LogP) is 4.54. The maximum Gasteiger partial charge on any atom is 0.340 e. The molecule has 2 heterocycles. The van der Waals surface area contributed by atoms with Crippen molar-refractivity contribution in [2.75, 3.05) is 11.9 Å². The van der Waals surface area contributed by atoms with Crippen LogP contribution >= 0.6 is 0 Å². The van der Waals surface area contributed by atoms with Crippen molar-refractivity contribution in [2.24, 2.45) is 0 Å². The van der Waals surface area contributed by atoms with Crippen molar-refractivity contribution in [3.63, 3.8) is 0 Å². The van der Waals surface area contributed by atoms with Crippen LogP contribution in [-0.4, -0.2) is 28.5 Å². The largest absolute Gasteiger partial charge is 0.462 e. The molecular formula is C23H19N3O3. The molecule has 0 aliphatic rings. The fraction of sp³-hybridized carbons (Fsp3) is 0.0870. The summed E-state index contributed by atoms with van der Waals surface area (Å²) in [6.07, 6.45) is 4.79. The number of fused-ring (bicyclic) bond motifs is 3. The summed E-state index contributed by atoms with van der Waals surface area (Å²) in [5, 5.41) is 4.87. The van der Waals surface area contributed by atoms with Gasteiger partial charge in [0.25, 0.3) is 0 Å². The summed E-state index contributed by atoms with van der Waals surface area (Å²) in [6.45, 7) is 2.00. The zero-order chi connectivity index (χ0) is 20.2. The summed E-state index contributed by atoms with van der Waals surface area (Å²) in [7, 11) is 0. The number of H-pyrrole nitrogens is 1. The third kappa shape index (κ3) is 3.87. The maximum atomic E-state index is 12.4. The molecule has 0 saturated heterocycles. The lowest BCUT2D eigenvalue weighted by Gasteiger charge is -2.08. The first-order valence-electron chi connectivity index (χ1n) is 9.27. The summed E-state index contributed by atoms with van der Waals surface area (Å²) in [6, 6.07) is 16.7. The van der Waals surface area contributed by atoms with E-state index in [0.29, 0.717) is 16.9 Å². The van der Waals surface area contributed by atoms with Gasteiger partial charge in [-0.1, -0.05) is 30.3 Å². The van der Waals surface area contributed by atoms with Gasteiger partial charge in [0.05, 0.1) is 35.3 Å². The predicted molar refractivity (Wildman–Crippen MR) is 114 cm³/mol. The van der Waals surface area contributed by atoms with Gasteiger partial charge in [-0.15, -0.1) is 0 Å². The van der Waals surface area contributed by atoms with E-state index in [4.69, 9.17) is 4.74 Å². The van der Waals surface area contributed by atoms with Crippen LogP contribution in [0.4, 0.5) is 5.69 Å². The second-order valence-electron chi connectivity index (χ2n) is 6.41. The van der Waals surface area contributed by atoms with Crippen molar-refractivity contribution in [3.8, 4) is 0 Å². The summed E-state index contributed by atoms with van der Waals surface area (Å²) < 4.78 is 5.03. The highest BCUT2D eigenvalue weighted by Crippen LogP contribution is 2.25. The first-order chi connectivity index (χ1) is 14.2. The minimum atomic E-state index is -0.473. The highest BCUT2D eigenvalue weighted by atomic mass is 16.5. The number of carbonyl (C=O) groups excluding carboxylic acids is 2. The number of aromatic nitrogens is 2. The minimum Gasteiger partial charge on any atom is -0.462 e. The summed E-state index contributed by atoms with van der Waals surface area (Å²) >= 11 is 0. The third-order valence-electron chi connectivity index (χ3n) is 4.50. The molecule has 0 fully saturated rings.